The monoisotopic (exact) mass is 980 g/mol. The van der Waals surface area contributed by atoms with Crippen LogP contribution in [-0.2, 0) is 44.8 Å². The zero-order valence-corrected chi connectivity index (χ0v) is 38.9. The number of hydrogen-bond donors (Lipinski definition) is 13. The number of carboxylic acids is 2. The van der Waals surface area contributed by atoms with E-state index >= 15 is 0 Å². The van der Waals surface area contributed by atoms with E-state index in [-0.39, 0.29) is 94.5 Å². The summed E-state index contributed by atoms with van der Waals surface area (Å²) in [5, 5.41) is 43.4. The highest BCUT2D eigenvalue weighted by Crippen LogP contribution is 2.16. The number of benzene rings is 1. The first-order valence-corrected chi connectivity index (χ1v) is 22.5. The Hall–Kier alpha value is -6.26. The van der Waals surface area contributed by atoms with Gasteiger partial charge in [-0.3, -0.25) is 48.4 Å². The molecule has 17 N–H and O–H groups in total. The first-order valence-electron chi connectivity index (χ1n) is 22.1. The average Bonchev–Trinajstić information content (AvgIpc) is 3.25. The molecule has 1 aliphatic rings. The van der Waals surface area contributed by atoms with Gasteiger partial charge in [-0.05, 0) is 55.6 Å². The zero-order chi connectivity index (χ0) is 50.6. The second-order valence-electron chi connectivity index (χ2n) is 16.2. The van der Waals surface area contributed by atoms with Crippen LogP contribution in [0.5, 0.6) is 0 Å². The summed E-state index contributed by atoms with van der Waals surface area (Å²) >= 11 is 5.42. The molecule has 8 amide bonds. The van der Waals surface area contributed by atoms with Crippen molar-refractivity contribution >= 4 is 76.4 Å². The van der Waals surface area contributed by atoms with Gasteiger partial charge < -0.3 is 70.2 Å². The molecule has 0 bridgehead atoms. The summed E-state index contributed by atoms with van der Waals surface area (Å²) in [5.41, 5.74) is 23.9. The lowest BCUT2D eigenvalue weighted by Gasteiger charge is -2.38. The third-order valence-corrected chi connectivity index (χ3v) is 10.8. The number of aliphatic hydroxyl groups excluding tert-OH is 1. The second kappa shape index (κ2) is 31.7. The number of primary amides is 4. The third-order valence-electron chi connectivity index (χ3n) is 10.5. The van der Waals surface area contributed by atoms with Crippen LogP contribution in [0.3, 0.4) is 0 Å². The predicted octanol–water partition coefficient (Wildman–Crippen LogP) is -5.18. The van der Waals surface area contributed by atoms with E-state index < -0.39 is 60.3 Å². The molecule has 1 saturated heterocycles. The summed E-state index contributed by atoms with van der Waals surface area (Å²) in [4.78, 5) is 115. The summed E-state index contributed by atoms with van der Waals surface area (Å²) in [6, 6.07) is 3.34. The van der Waals surface area contributed by atoms with Crippen molar-refractivity contribution in [3.8, 4) is 0 Å². The highest BCUT2D eigenvalue weighted by atomic mass is 32.1. The third kappa shape index (κ3) is 25.6. The Balaban J connectivity index is 1.86. The highest BCUT2D eigenvalue weighted by molar-refractivity contribution is 7.80. The van der Waals surface area contributed by atoms with Crippen molar-refractivity contribution in [1.29, 1.82) is 0 Å². The molecule has 0 radical (unpaired) electrons. The number of hydrogen-bond acceptors (Lipinski definition) is 15. The molecule has 68 heavy (non-hydrogen) atoms. The number of aliphatic carboxylic acids is 2. The molecule has 3 atom stereocenters. The van der Waals surface area contributed by atoms with E-state index in [1.807, 2.05) is 43.9 Å². The molecule has 2 rings (SSSR count). The van der Waals surface area contributed by atoms with Crippen LogP contribution in [0.25, 0.3) is 0 Å². The molecule has 1 fully saturated rings. The Kier molecular flexibility index (Phi) is 26.9. The number of anilines is 1. The number of carbonyl (C=O) groups excluding carboxylic acids is 7. The Morgan fingerprint density at radius 3 is 1.60 bits per heavy atom. The van der Waals surface area contributed by atoms with E-state index in [4.69, 9.17) is 45.4 Å². The fourth-order valence-electron chi connectivity index (χ4n) is 7.13. The van der Waals surface area contributed by atoms with Crippen molar-refractivity contribution in [2.24, 2.45) is 22.9 Å². The molecule has 1 unspecified atom stereocenters. The lowest BCUT2D eigenvalue weighted by Crippen LogP contribution is -2.54. The van der Waals surface area contributed by atoms with Gasteiger partial charge in [-0.15, -0.1) is 0 Å². The maximum atomic E-state index is 12.3. The van der Waals surface area contributed by atoms with E-state index in [1.165, 1.54) is 0 Å². The molecule has 0 aliphatic carbocycles. The average molecular weight is 981 g/mol. The van der Waals surface area contributed by atoms with Crippen LogP contribution < -0.4 is 54.8 Å². The van der Waals surface area contributed by atoms with Crippen molar-refractivity contribution in [2.45, 2.75) is 63.1 Å². The standard InChI is InChI=1S/C41H68N14O12S/c42-32(57)23-52-14-15-53(24-33(43)58)18-19-55(26-35(45)60)29(22-54(17-16-52)25-34(44)59)21-27-4-6-28(7-5-27)49-41(68)48-13-12-47-37(62)9-8-36(61)46-11-2-1-3-30(38(63)64)50-40(67)51-31(10-20-56)39(65)66/h4-7,29-31,56H,1-3,8-26H2,(H2,42,57)(H2,43,58)(H2,44,59)(H2,45,60)(H,46,61)(H,47,62)(H,63,64)(H,65,66)(H2,48,49,68)(H2,50,51,67)/t29?,30-,31-/m0/s1. The molecule has 1 heterocycles. The number of carbonyl (C=O) groups is 9. The zero-order valence-electron chi connectivity index (χ0n) is 38.1. The molecule has 1 aliphatic heterocycles. The molecule has 380 valence electrons. The summed E-state index contributed by atoms with van der Waals surface area (Å²) in [5.74, 6) is -5.63. The van der Waals surface area contributed by atoms with Gasteiger partial charge in [0.2, 0.25) is 35.4 Å². The van der Waals surface area contributed by atoms with Gasteiger partial charge in [0.05, 0.1) is 26.2 Å². The van der Waals surface area contributed by atoms with Crippen LogP contribution in [0.1, 0.15) is 44.1 Å². The number of nitrogens with zero attached hydrogens (tertiary/aromatic N) is 4. The highest BCUT2D eigenvalue weighted by Gasteiger charge is 2.27. The molecular formula is C41H68N14O12S. The van der Waals surface area contributed by atoms with Gasteiger partial charge >= 0.3 is 18.0 Å². The predicted molar refractivity (Wildman–Crippen MR) is 251 cm³/mol. The van der Waals surface area contributed by atoms with Gasteiger partial charge in [-0.2, -0.15) is 0 Å². The quantitative estimate of drug-likeness (QED) is 0.0276. The number of unbranched alkanes of at least 4 members (excludes halogenated alkanes) is 1. The normalized spacial score (nSPS) is 16.3. The van der Waals surface area contributed by atoms with E-state index in [1.54, 1.807) is 0 Å². The largest absolute Gasteiger partial charge is 0.480 e. The Morgan fingerprint density at radius 1 is 0.618 bits per heavy atom. The van der Waals surface area contributed by atoms with Crippen LogP contribution in [-0.4, -0.2) is 210 Å². The fourth-order valence-corrected chi connectivity index (χ4v) is 7.35. The topological polar surface area (TPSA) is 404 Å². The van der Waals surface area contributed by atoms with Gasteiger partial charge in [0.15, 0.2) is 5.11 Å². The molecule has 0 saturated carbocycles. The lowest BCUT2D eigenvalue weighted by atomic mass is 10.0. The molecule has 1 aromatic rings. The first kappa shape index (κ1) is 57.9. The number of nitrogens with two attached hydrogens (primary N) is 4. The van der Waals surface area contributed by atoms with Crippen molar-refractivity contribution in [2.75, 3.05) is 104 Å². The van der Waals surface area contributed by atoms with Crippen molar-refractivity contribution < 1.29 is 58.5 Å². The van der Waals surface area contributed by atoms with Crippen LogP contribution >= 0.6 is 12.2 Å². The van der Waals surface area contributed by atoms with E-state index in [2.05, 4.69) is 31.9 Å². The summed E-state index contributed by atoms with van der Waals surface area (Å²) < 4.78 is 0. The van der Waals surface area contributed by atoms with Crippen molar-refractivity contribution in [3.05, 3.63) is 29.8 Å². The van der Waals surface area contributed by atoms with E-state index in [0.29, 0.717) is 70.8 Å². The number of nitrogens with one attached hydrogen (secondary N) is 6. The minimum atomic E-state index is -1.39. The van der Waals surface area contributed by atoms with Gasteiger partial charge in [0.1, 0.15) is 12.1 Å². The van der Waals surface area contributed by atoms with Crippen LogP contribution in [0.15, 0.2) is 24.3 Å². The number of carboxylic acid groups (broad SMARTS) is 2. The summed E-state index contributed by atoms with van der Waals surface area (Å²) in [6.45, 7) is 2.44. The molecule has 26 nitrogen and oxygen atoms in total. The van der Waals surface area contributed by atoms with Gasteiger partial charge in [0, 0.05) is 103 Å². The Labute approximate surface area is 399 Å². The molecule has 1 aromatic carbocycles. The minimum absolute atomic E-state index is 0.00512. The number of aliphatic hydroxyl groups is 1. The van der Waals surface area contributed by atoms with Crippen molar-refractivity contribution in [1.82, 2.24) is 46.2 Å². The number of rotatable bonds is 28. The van der Waals surface area contributed by atoms with Gasteiger partial charge in [-0.1, -0.05) is 12.1 Å². The lowest BCUT2D eigenvalue weighted by molar-refractivity contribution is -0.139. The summed E-state index contributed by atoms with van der Waals surface area (Å²) in [7, 11) is 0. The summed E-state index contributed by atoms with van der Waals surface area (Å²) in [6.07, 6.45) is 0.683. The maximum absolute atomic E-state index is 12.3. The second-order valence-corrected chi connectivity index (χ2v) is 16.6. The fraction of sp³-hybridized carbons (Fsp3) is 0.610. The number of amides is 8. The maximum Gasteiger partial charge on any atom is 0.326 e. The number of urea groups is 1. The molecule has 0 aromatic heterocycles. The van der Waals surface area contributed by atoms with E-state index in [0.717, 1.165) is 5.56 Å². The van der Waals surface area contributed by atoms with Crippen LogP contribution in [0, 0.1) is 0 Å². The van der Waals surface area contributed by atoms with E-state index in [9.17, 15) is 48.3 Å². The molecule has 27 heteroatoms. The Morgan fingerprint density at radius 2 is 1.09 bits per heavy atom. The number of thiocarbonyl (C=S) groups is 1. The smallest absolute Gasteiger partial charge is 0.326 e. The Bertz CT molecular complexity index is 1860. The van der Waals surface area contributed by atoms with Crippen LogP contribution in [0.4, 0.5) is 10.5 Å². The van der Waals surface area contributed by atoms with Gasteiger partial charge in [-0.25, -0.2) is 14.4 Å². The first-order chi connectivity index (χ1) is 32.2. The van der Waals surface area contributed by atoms with Crippen molar-refractivity contribution in [3.63, 3.8) is 0 Å². The molecular weight excluding hydrogens is 913 g/mol. The SMILES string of the molecule is NC(=O)CN1CCN(CC(N)=O)CCN(CC(N)=O)C(Cc2ccc(NC(=S)NCCNC(=O)CCC(=O)NCCCC[C@H](NC(=O)N[C@@H](CCO)C(=O)O)C(=O)O)cc2)CN(CC(N)=O)CC1. The molecule has 0 spiro atoms. The van der Waals surface area contributed by atoms with Gasteiger partial charge in [0.25, 0.3) is 0 Å². The van der Waals surface area contributed by atoms with Crippen LogP contribution in [0.2, 0.25) is 0 Å². The minimum Gasteiger partial charge on any atom is -0.480 e.